The molecule has 4 nitrogen and oxygen atoms in total. The zero-order chi connectivity index (χ0) is 12.3. The van der Waals surface area contributed by atoms with Crippen LogP contribution in [-0.4, -0.2) is 49.8 Å². The highest BCUT2D eigenvalue weighted by Crippen LogP contribution is 2.04. The molecule has 1 N–H and O–H groups in total. The molecular weight excluding hydrogens is 194 g/mol. The minimum absolute atomic E-state index is 0.262. The second kappa shape index (κ2) is 11.5. The van der Waals surface area contributed by atoms with Crippen LogP contribution in [0.2, 0.25) is 0 Å². The Hall–Kier alpha value is -0.610. The normalized spacial score (nSPS) is 11.9. The first-order valence-corrected chi connectivity index (χ1v) is 5.52. The van der Waals surface area contributed by atoms with Crippen LogP contribution in [0.3, 0.4) is 0 Å². The molecule has 0 bridgehead atoms. The van der Waals surface area contributed by atoms with Gasteiger partial charge in [0.25, 0.3) is 0 Å². The van der Waals surface area contributed by atoms with Crippen LogP contribution in [0.25, 0.3) is 0 Å². The fourth-order valence-corrected chi connectivity index (χ4v) is 1.10. The van der Waals surface area contributed by atoms with Gasteiger partial charge in [-0.25, -0.2) is 0 Å². The fraction of sp³-hybridized carbons (Fsp3) is 0.909. The molecule has 1 unspecified atom stereocenters. The van der Waals surface area contributed by atoms with Crippen LogP contribution < -0.4 is 0 Å². The molecule has 4 heteroatoms. The van der Waals surface area contributed by atoms with Crippen LogP contribution in [0.5, 0.6) is 0 Å². The minimum Gasteiger partial charge on any atom is -0.481 e. The number of methoxy groups -OCH3 is 1. The molecule has 0 aromatic rings. The molecule has 0 aliphatic rings. The maximum Gasteiger partial charge on any atom is 0.307 e. The van der Waals surface area contributed by atoms with E-state index in [4.69, 9.17) is 9.84 Å². The maximum absolute atomic E-state index is 10.7. The summed E-state index contributed by atoms with van der Waals surface area (Å²) in [6.45, 7) is 7.91. The van der Waals surface area contributed by atoms with E-state index in [1.54, 1.807) is 7.11 Å². The molecule has 0 spiro atoms. The van der Waals surface area contributed by atoms with E-state index in [2.05, 4.69) is 0 Å². The quantitative estimate of drug-likeness (QED) is 0.708. The van der Waals surface area contributed by atoms with Crippen molar-refractivity contribution in [1.82, 2.24) is 4.90 Å². The Balaban J connectivity index is 0. The van der Waals surface area contributed by atoms with Crippen molar-refractivity contribution in [3.8, 4) is 0 Å². The molecule has 0 aromatic heterocycles. The van der Waals surface area contributed by atoms with E-state index in [0.717, 1.165) is 6.54 Å². The Morgan fingerprint density at radius 3 is 2.33 bits per heavy atom. The second-order valence-corrected chi connectivity index (χ2v) is 3.20. The summed E-state index contributed by atoms with van der Waals surface area (Å²) in [5.74, 6) is -0.978. The van der Waals surface area contributed by atoms with Crippen LogP contribution in [0.15, 0.2) is 0 Å². The molecule has 0 saturated heterocycles. The molecule has 0 radical (unpaired) electrons. The van der Waals surface area contributed by atoms with Gasteiger partial charge in [0.15, 0.2) is 0 Å². The molecular formula is C11H25NO3. The molecule has 92 valence electrons. The fourth-order valence-electron chi connectivity index (χ4n) is 1.10. The monoisotopic (exact) mass is 219 g/mol. The van der Waals surface area contributed by atoms with Crippen LogP contribution in [0.4, 0.5) is 0 Å². The van der Waals surface area contributed by atoms with Crippen molar-refractivity contribution in [2.24, 2.45) is 5.92 Å². The third-order valence-corrected chi connectivity index (χ3v) is 2.05. The summed E-state index contributed by atoms with van der Waals surface area (Å²) >= 11 is 0. The van der Waals surface area contributed by atoms with Crippen LogP contribution >= 0.6 is 0 Å². The molecule has 0 saturated carbocycles. The molecule has 0 amide bonds. The largest absolute Gasteiger partial charge is 0.481 e. The number of carbonyl (C=O) groups is 1. The molecule has 0 aliphatic carbocycles. The number of likely N-dealkylation sites (N-methyl/N-ethyl adjacent to an activating group) is 1. The SMILES string of the molecule is CC.CCC(CN(C)CCOC)C(=O)O. The van der Waals surface area contributed by atoms with Crippen molar-refractivity contribution in [2.45, 2.75) is 27.2 Å². The predicted octanol–water partition coefficient (Wildman–Crippen LogP) is 1.70. The van der Waals surface area contributed by atoms with Gasteiger partial charge in [-0.05, 0) is 13.5 Å². The average molecular weight is 219 g/mol. The van der Waals surface area contributed by atoms with Crippen molar-refractivity contribution in [1.29, 1.82) is 0 Å². The molecule has 15 heavy (non-hydrogen) atoms. The Morgan fingerprint density at radius 2 is 2.00 bits per heavy atom. The highest BCUT2D eigenvalue weighted by atomic mass is 16.5. The van der Waals surface area contributed by atoms with Gasteiger partial charge in [0.2, 0.25) is 0 Å². The molecule has 0 fully saturated rings. The number of aliphatic carboxylic acids is 1. The average Bonchev–Trinajstić information content (AvgIpc) is 2.25. The highest BCUT2D eigenvalue weighted by Gasteiger charge is 2.16. The lowest BCUT2D eigenvalue weighted by molar-refractivity contribution is -0.142. The first kappa shape index (κ1) is 16.8. The standard InChI is InChI=1S/C9H19NO3.C2H6/c1-4-8(9(11)12)7-10(2)5-6-13-3;1-2/h8H,4-7H2,1-3H3,(H,11,12);1-2H3. The molecule has 0 rings (SSSR count). The van der Waals surface area contributed by atoms with Gasteiger partial charge < -0.3 is 14.7 Å². The lowest BCUT2D eigenvalue weighted by atomic mass is 10.1. The van der Waals surface area contributed by atoms with E-state index in [1.165, 1.54) is 0 Å². The van der Waals surface area contributed by atoms with E-state index in [9.17, 15) is 4.79 Å². The number of carboxylic acid groups (broad SMARTS) is 1. The summed E-state index contributed by atoms with van der Waals surface area (Å²) in [5.41, 5.74) is 0. The summed E-state index contributed by atoms with van der Waals surface area (Å²) in [4.78, 5) is 12.7. The first-order chi connectivity index (χ1) is 7.11. The molecule has 0 aliphatic heterocycles. The van der Waals surface area contributed by atoms with Gasteiger partial charge in [-0.3, -0.25) is 4.79 Å². The van der Waals surface area contributed by atoms with Gasteiger partial charge in [0.05, 0.1) is 12.5 Å². The van der Waals surface area contributed by atoms with Crippen LogP contribution in [0.1, 0.15) is 27.2 Å². The van der Waals surface area contributed by atoms with E-state index >= 15 is 0 Å². The topological polar surface area (TPSA) is 49.8 Å². The molecule has 1 atom stereocenters. The summed E-state index contributed by atoms with van der Waals surface area (Å²) in [5, 5.41) is 8.79. The Kier molecular flexibility index (Phi) is 12.8. The van der Waals surface area contributed by atoms with Crippen LogP contribution in [-0.2, 0) is 9.53 Å². The van der Waals surface area contributed by atoms with E-state index in [0.29, 0.717) is 19.6 Å². The van der Waals surface area contributed by atoms with Crippen molar-refractivity contribution in [3.05, 3.63) is 0 Å². The Labute approximate surface area is 93.2 Å². The second-order valence-electron chi connectivity index (χ2n) is 3.20. The van der Waals surface area contributed by atoms with Gasteiger partial charge in [0.1, 0.15) is 0 Å². The summed E-state index contributed by atoms with van der Waals surface area (Å²) < 4.78 is 4.90. The van der Waals surface area contributed by atoms with Gasteiger partial charge >= 0.3 is 5.97 Å². The summed E-state index contributed by atoms with van der Waals surface area (Å²) in [6.07, 6.45) is 0.673. The van der Waals surface area contributed by atoms with E-state index in [-0.39, 0.29) is 5.92 Å². The van der Waals surface area contributed by atoms with Gasteiger partial charge in [0, 0.05) is 20.2 Å². The Bertz CT molecular complexity index is 151. The number of carboxylic acids is 1. The minimum atomic E-state index is -0.716. The summed E-state index contributed by atoms with van der Waals surface area (Å²) in [7, 11) is 3.55. The van der Waals surface area contributed by atoms with Gasteiger partial charge in [-0.2, -0.15) is 0 Å². The lowest BCUT2D eigenvalue weighted by Gasteiger charge is -2.19. The number of hydrogen-bond donors (Lipinski definition) is 1. The zero-order valence-electron chi connectivity index (χ0n) is 10.6. The van der Waals surface area contributed by atoms with Crippen LogP contribution in [0, 0.1) is 5.92 Å². The first-order valence-electron chi connectivity index (χ1n) is 5.52. The number of ether oxygens (including phenoxy) is 1. The molecule has 0 aromatic carbocycles. The van der Waals surface area contributed by atoms with E-state index < -0.39 is 5.97 Å². The third-order valence-electron chi connectivity index (χ3n) is 2.05. The maximum atomic E-state index is 10.7. The van der Waals surface area contributed by atoms with Gasteiger partial charge in [-0.15, -0.1) is 0 Å². The smallest absolute Gasteiger partial charge is 0.307 e. The zero-order valence-corrected chi connectivity index (χ0v) is 10.6. The van der Waals surface area contributed by atoms with Crippen molar-refractivity contribution < 1.29 is 14.6 Å². The lowest BCUT2D eigenvalue weighted by Crippen LogP contribution is -2.32. The van der Waals surface area contributed by atoms with Gasteiger partial charge in [-0.1, -0.05) is 20.8 Å². The number of hydrogen-bond acceptors (Lipinski definition) is 3. The third kappa shape index (κ3) is 9.69. The number of nitrogens with zero attached hydrogens (tertiary/aromatic N) is 1. The van der Waals surface area contributed by atoms with Crippen molar-refractivity contribution >= 4 is 5.97 Å². The predicted molar refractivity (Wildman–Crippen MR) is 62.1 cm³/mol. The van der Waals surface area contributed by atoms with Crippen molar-refractivity contribution in [2.75, 3.05) is 33.9 Å². The Morgan fingerprint density at radius 1 is 1.47 bits per heavy atom. The van der Waals surface area contributed by atoms with E-state index in [1.807, 2.05) is 32.7 Å². The van der Waals surface area contributed by atoms with Crippen molar-refractivity contribution in [3.63, 3.8) is 0 Å². The summed E-state index contributed by atoms with van der Waals surface area (Å²) in [6, 6.07) is 0. The molecule has 0 heterocycles. The number of rotatable bonds is 7. The highest BCUT2D eigenvalue weighted by molar-refractivity contribution is 5.70.